The van der Waals surface area contributed by atoms with Crippen LogP contribution in [0, 0.1) is 0 Å². The molecule has 82 valence electrons. The van der Waals surface area contributed by atoms with E-state index >= 15 is 0 Å². The van der Waals surface area contributed by atoms with E-state index in [1.807, 2.05) is 0 Å². The van der Waals surface area contributed by atoms with Crippen LogP contribution in [0.25, 0.3) is 11.1 Å². The second-order valence-corrected chi connectivity index (χ2v) is 3.08. The molecule has 0 amide bonds. The Hall–Kier alpha value is -2.27. The number of benzene rings is 1. The fraction of sp³-hybridized carbons (Fsp3) is 0. The molecule has 16 heavy (non-hydrogen) atoms. The Kier molecular flexibility index (Phi) is 3.01. The van der Waals surface area contributed by atoms with Gasteiger partial charge in [-0.1, -0.05) is 30.3 Å². The molecule has 0 saturated carbocycles. The quantitative estimate of drug-likeness (QED) is 0.634. The van der Waals surface area contributed by atoms with Crippen molar-refractivity contribution in [2.75, 3.05) is 0 Å². The average Bonchev–Trinajstić information content (AvgIpc) is 2.45. The molecule has 0 saturated heterocycles. The van der Waals surface area contributed by atoms with Gasteiger partial charge in [-0.15, -0.1) is 0 Å². The summed E-state index contributed by atoms with van der Waals surface area (Å²) in [7, 11) is 0. The Morgan fingerprint density at radius 3 is 1.81 bits per heavy atom. The van der Waals surface area contributed by atoms with Crippen LogP contribution < -0.4 is 16.3 Å². The Morgan fingerprint density at radius 1 is 0.812 bits per heavy atom. The molecule has 2 aromatic carbocycles. The summed E-state index contributed by atoms with van der Waals surface area (Å²) in [5, 5.41) is 9.34. The van der Waals surface area contributed by atoms with Crippen molar-refractivity contribution in [2.24, 2.45) is 0 Å². The van der Waals surface area contributed by atoms with E-state index in [0.29, 0.717) is 5.56 Å². The molecule has 0 atom stereocenters. The first-order valence-electron chi connectivity index (χ1n) is 4.25. The van der Waals surface area contributed by atoms with E-state index in [1.165, 1.54) is 0 Å². The molecule has 2 aromatic rings. The number of hydrogen-bond donors (Lipinski definition) is 1. The molecular weight excluding hydrogens is 212 g/mol. The standard InChI is InChI=1S/C11H6O4.H2O/c12-8-7(6-4-2-1-3-5-6)9(13)11(15)10(8)14;/h1-5,12H;1H2. The van der Waals surface area contributed by atoms with Gasteiger partial charge in [0.05, 0.1) is 5.56 Å². The molecule has 3 N–H and O–H groups in total. The third-order valence-electron chi connectivity index (χ3n) is 2.15. The van der Waals surface area contributed by atoms with Gasteiger partial charge in [0, 0.05) is 0 Å². The summed E-state index contributed by atoms with van der Waals surface area (Å²) in [6.45, 7) is 0. The van der Waals surface area contributed by atoms with Crippen molar-refractivity contribution in [2.45, 2.75) is 0 Å². The number of aromatic hydroxyl groups is 1. The first-order chi connectivity index (χ1) is 7.13. The second kappa shape index (κ2) is 4.08. The van der Waals surface area contributed by atoms with Crippen molar-refractivity contribution >= 4 is 0 Å². The molecule has 0 aliphatic heterocycles. The van der Waals surface area contributed by atoms with Crippen LogP contribution in [0.3, 0.4) is 0 Å². The van der Waals surface area contributed by atoms with Crippen LogP contribution in [0.1, 0.15) is 0 Å². The Morgan fingerprint density at radius 2 is 1.38 bits per heavy atom. The van der Waals surface area contributed by atoms with Gasteiger partial charge in [-0.2, -0.15) is 0 Å². The molecule has 0 aliphatic rings. The van der Waals surface area contributed by atoms with E-state index in [-0.39, 0.29) is 11.0 Å². The Labute approximate surface area is 89.2 Å². The third-order valence-corrected chi connectivity index (χ3v) is 2.15. The van der Waals surface area contributed by atoms with Gasteiger partial charge in [0.2, 0.25) is 5.43 Å². The maximum atomic E-state index is 11.3. The summed E-state index contributed by atoms with van der Waals surface area (Å²) in [5.74, 6) is -0.754. The smallest absolute Gasteiger partial charge is 0.277 e. The van der Waals surface area contributed by atoms with Crippen LogP contribution >= 0.6 is 0 Å². The lowest BCUT2D eigenvalue weighted by molar-refractivity contribution is 0.474. The fourth-order valence-corrected chi connectivity index (χ4v) is 1.42. The van der Waals surface area contributed by atoms with Gasteiger partial charge in [0.15, 0.2) is 5.75 Å². The predicted octanol–water partition coefficient (Wildman–Crippen LogP) is -0.809. The van der Waals surface area contributed by atoms with Crippen molar-refractivity contribution < 1.29 is 10.6 Å². The fourth-order valence-electron chi connectivity index (χ4n) is 1.42. The summed E-state index contributed by atoms with van der Waals surface area (Å²) in [6.07, 6.45) is 0. The zero-order valence-electron chi connectivity index (χ0n) is 8.06. The third kappa shape index (κ3) is 1.53. The van der Waals surface area contributed by atoms with Gasteiger partial charge in [-0.05, 0) is 5.56 Å². The number of hydrogen-bond acceptors (Lipinski definition) is 4. The normalized spacial score (nSPS) is 9.75. The van der Waals surface area contributed by atoms with E-state index in [1.54, 1.807) is 30.3 Å². The molecular formula is C11H8O5. The molecule has 0 heterocycles. The lowest BCUT2D eigenvalue weighted by Crippen LogP contribution is -2.29. The van der Waals surface area contributed by atoms with E-state index in [4.69, 9.17) is 0 Å². The van der Waals surface area contributed by atoms with E-state index in [9.17, 15) is 19.5 Å². The van der Waals surface area contributed by atoms with Crippen molar-refractivity contribution in [3.8, 4) is 16.9 Å². The maximum absolute atomic E-state index is 11.3. The van der Waals surface area contributed by atoms with Crippen LogP contribution in [0.5, 0.6) is 5.75 Å². The maximum Gasteiger partial charge on any atom is 0.277 e. The highest BCUT2D eigenvalue weighted by molar-refractivity contribution is 5.70. The summed E-state index contributed by atoms with van der Waals surface area (Å²) < 4.78 is 0. The first-order valence-corrected chi connectivity index (χ1v) is 4.25. The Balaban J connectivity index is 0.00000128. The van der Waals surface area contributed by atoms with E-state index < -0.39 is 22.0 Å². The lowest BCUT2D eigenvalue weighted by atomic mass is 10.1. The molecule has 0 fully saturated rings. The SMILES string of the molecule is O.O=c1c(O)c(-c2ccccc2)c(=O)c1=O. The minimum absolute atomic E-state index is 0. The summed E-state index contributed by atoms with van der Waals surface area (Å²) in [5.41, 5.74) is -3.07. The average molecular weight is 220 g/mol. The molecule has 0 aliphatic carbocycles. The minimum atomic E-state index is -1.17. The second-order valence-electron chi connectivity index (χ2n) is 3.08. The highest BCUT2D eigenvalue weighted by Gasteiger charge is 2.19. The van der Waals surface area contributed by atoms with Crippen molar-refractivity contribution in [3.05, 3.63) is 61.0 Å². The van der Waals surface area contributed by atoms with Crippen molar-refractivity contribution in [3.63, 3.8) is 0 Å². The topological polar surface area (TPSA) is 103 Å². The van der Waals surface area contributed by atoms with E-state index in [0.717, 1.165) is 0 Å². The zero-order valence-corrected chi connectivity index (χ0v) is 8.06. The first kappa shape index (κ1) is 11.8. The Bertz CT molecular complexity index is 635. The molecule has 2 rings (SSSR count). The molecule has 5 nitrogen and oxygen atoms in total. The summed E-state index contributed by atoms with van der Waals surface area (Å²) >= 11 is 0. The van der Waals surface area contributed by atoms with Gasteiger partial charge in [-0.3, -0.25) is 14.4 Å². The van der Waals surface area contributed by atoms with E-state index in [2.05, 4.69) is 0 Å². The highest BCUT2D eigenvalue weighted by Crippen LogP contribution is 2.20. The van der Waals surface area contributed by atoms with Crippen LogP contribution in [0.2, 0.25) is 0 Å². The lowest BCUT2D eigenvalue weighted by Gasteiger charge is -1.95. The van der Waals surface area contributed by atoms with Crippen molar-refractivity contribution in [1.29, 1.82) is 0 Å². The highest BCUT2D eigenvalue weighted by atomic mass is 16.3. The summed E-state index contributed by atoms with van der Waals surface area (Å²) in [6, 6.07) is 8.13. The van der Waals surface area contributed by atoms with Crippen LogP contribution in [-0.4, -0.2) is 10.6 Å². The largest absolute Gasteiger partial charge is 0.503 e. The molecule has 0 unspecified atom stereocenters. The molecule has 0 bridgehead atoms. The van der Waals surface area contributed by atoms with Gasteiger partial charge in [0.25, 0.3) is 10.9 Å². The summed E-state index contributed by atoms with van der Waals surface area (Å²) in [4.78, 5) is 33.4. The van der Waals surface area contributed by atoms with Crippen LogP contribution in [-0.2, 0) is 0 Å². The number of rotatable bonds is 1. The van der Waals surface area contributed by atoms with Gasteiger partial charge in [0.1, 0.15) is 0 Å². The van der Waals surface area contributed by atoms with Crippen molar-refractivity contribution in [1.82, 2.24) is 0 Å². The van der Waals surface area contributed by atoms with Gasteiger partial charge < -0.3 is 10.6 Å². The van der Waals surface area contributed by atoms with Crippen LogP contribution in [0.15, 0.2) is 44.7 Å². The molecule has 0 spiro atoms. The predicted molar refractivity (Wildman–Crippen MR) is 58.3 cm³/mol. The minimum Gasteiger partial charge on any atom is -0.503 e. The monoisotopic (exact) mass is 220 g/mol. The zero-order chi connectivity index (χ0) is 11.0. The molecule has 0 radical (unpaired) electrons. The van der Waals surface area contributed by atoms with Gasteiger partial charge >= 0.3 is 0 Å². The molecule has 0 aromatic heterocycles. The van der Waals surface area contributed by atoms with Crippen LogP contribution in [0.4, 0.5) is 0 Å². The molecule has 5 heteroatoms. The van der Waals surface area contributed by atoms with Gasteiger partial charge in [-0.25, -0.2) is 0 Å².